The summed E-state index contributed by atoms with van der Waals surface area (Å²) in [6.45, 7) is 1.88. The molecule has 1 aromatic carbocycles. The van der Waals surface area contributed by atoms with Gasteiger partial charge in [-0.2, -0.15) is 0 Å². The van der Waals surface area contributed by atoms with Crippen LogP contribution < -0.4 is 0 Å². The molecular weight excluding hydrogens is 308 g/mol. The first-order valence-corrected chi connectivity index (χ1v) is 6.35. The Morgan fingerprint density at radius 3 is 2.36 bits per heavy atom. The molecule has 1 aromatic rings. The molecule has 0 bridgehead atoms. The van der Waals surface area contributed by atoms with E-state index < -0.39 is 0 Å². The Hall–Kier alpha value is -0.150. The van der Waals surface area contributed by atoms with E-state index in [0.717, 1.165) is 5.56 Å². The number of hydrogen-bond donors (Lipinski definition) is 0. The monoisotopic (exact) mass is 318 g/mol. The van der Waals surface area contributed by atoms with Crippen molar-refractivity contribution in [3.8, 4) is 0 Å². The first kappa shape index (κ1) is 11.9. The van der Waals surface area contributed by atoms with Crippen molar-refractivity contribution in [2.24, 2.45) is 0 Å². The van der Waals surface area contributed by atoms with E-state index in [9.17, 15) is 4.79 Å². The predicted octanol–water partition coefficient (Wildman–Crippen LogP) is 3.87. The lowest BCUT2D eigenvalue weighted by molar-refractivity contribution is -0.118. The number of carbonyl (C=O) groups is 1. The molecule has 0 saturated carbocycles. The molecule has 14 heavy (non-hydrogen) atoms. The maximum atomic E-state index is 11.4. The van der Waals surface area contributed by atoms with Crippen molar-refractivity contribution < 1.29 is 4.79 Å². The summed E-state index contributed by atoms with van der Waals surface area (Å²) >= 11 is 6.93. The van der Waals surface area contributed by atoms with Crippen molar-refractivity contribution >= 4 is 37.6 Å². The summed E-state index contributed by atoms with van der Waals surface area (Å²) in [7, 11) is 0. The van der Waals surface area contributed by atoms with Gasteiger partial charge in [-0.3, -0.25) is 4.79 Å². The van der Waals surface area contributed by atoms with Crippen molar-refractivity contribution in [3.63, 3.8) is 0 Å². The molecule has 76 valence electrons. The Morgan fingerprint density at radius 1 is 1.29 bits per heavy atom. The Bertz CT molecular complexity index is 297. The summed E-state index contributed by atoms with van der Waals surface area (Å²) in [6.07, 6.45) is 0.560. The average Bonchev–Trinajstić information content (AvgIpc) is 2.27. The highest BCUT2D eigenvalue weighted by molar-refractivity contribution is 9.12. The fourth-order valence-electron chi connectivity index (χ4n) is 1.16. The van der Waals surface area contributed by atoms with Crippen molar-refractivity contribution in [1.29, 1.82) is 0 Å². The molecule has 2 unspecified atom stereocenters. The van der Waals surface area contributed by atoms with Gasteiger partial charge in [-0.1, -0.05) is 69.1 Å². The number of alkyl halides is 2. The third-order valence-electron chi connectivity index (χ3n) is 2.03. The van der Waals surface area contributed by atoms with Crippen LogP contribution >= 0.6 is 31.9 Å². The summed E-state index contributed by atoms with van der Waals surface area (Å²) in [5.41, 5.74) is 1.12. The molecule has 0 amide bonds. The van der Waals surface area contributed by atoms with Crippen LogP contribution in [-0.4, -0.2) is 10.6 Å². The van der Waals surface area contributed by atoms with Gasteiger partial charge in [-0.25, -0.2) is 0 Å². The minimum Gasteiger partial charge on any atom is -0.298 e. The fourth-order valence-corrected chi connectivity index (χ4v) is 2.39. The predicted molar refractivity (Wildman–Crippen MR) is 66.1 cm³/mol. The largest absolute Gasteiger partial charge is 0.298 e. The Balaban J connectivity index is 2.75. The lowest BCUT2D eigenvalue weighted by atomic mass is 10.1. The molecule has 0 fully saturated rings. The normalized spacial score (nSPS) is 14.8. The molecule has 0 aliphatic carbocycles. The molecule has 2 atom stereocenters. The highest BCUT2D eigenvalue weighted by Crippen LogP contribution is 2.31. The van der Waals surface area contributed by atoms with Gasteiger partial charge in [-0.05, 0) is 5.56 Å². The second kappa shape index (κ2) is 5.66. The lowest BCUT2D eigenvalue weighted by Gasteiger charge is -2.15. The van der Waals surface area contributed by atoms with Crippen LogP contribution in [0.1, 0.15) is 23.7 Å². The number of benzene rings is 1. The lowest BCUT2D eigenvalue weighted by Crippen LogP contribution is -2.17. The second-order valence-electron chi connectivity index (χ2n) is 3.03. The van der Waals surface area contributed by atoms with Gasteiger partial charge in [0.15, 0.2) is 0 Å². The maximum Gasteiger partial charge on any atom is 0.147 e. The van der Waals surface area contributed by atoms with Gasteiger partial charge in [0, 0.05) is 6.42 Å². The minimum atomic E-state index is -0.144. The van der Waals surface area contributed by atoms with Gasteiger partial charge in [-0.15, -0.1) is 0 Å². The molecule has 0 spiro atoms. The molecular formula is C11H12Br2O. The zero-order valence-electron chi connectivity index (χ0n) is 7.91. The highest BCUT2D eigenvalue weighted by atomic mass is 79.9. The number of Topliss-reactive ketones (excluding diaryl/α,β-unsaturated/α-hetero) is 1. The molecule has 0 aliphatic rings. The quantitative estimate of drug-likeness (QED) is 0.770. The van der Waals surface area contributed by atoms with Crippen LogP contribution in [0.4, 0.5) is 0 Å². The Kier molecular flexibility index (Phi) is 4.82. The summed E-state index contributed by atoms with van der Waals surface area (Å²) in [6, 6.07) is 9.93. The fraction of sp³-hybridized carbons (Fsp3) is 0.364. The molecule has 0 saturated heterocycles. The smallest absolute Gasteiger partial charge is 0.147 e. The van der Waals surface area contributed by atoms with Crippen LogP contribution in [-0.2, 0) is 4.79 Å². The average molecular weight is 320 g/mol. The van der Waals surface area contributed by atoms with E-state index in [1.54, 1.807) is 0 Å². The van der Waals surface area contributed by atoms with Crippen LogP contribution in [0.5, 0.6) is 0 Å². The van der Waals surface area contributed by atoms with Gasteiger partial charge in [0.1, 0.15) is 5.78 Å². The maximum absolute atomic E-state index is 11.4. The van der Waals surface area contributed by atoms with Gasteiger partial charge in [0.25, 0.3) is 0 Å². The van der Waals surface area contributed by atoms with Crippen LogP contribution in [0.3, 0.4) is 0 Å². The molecule has 0 aromatic heterocycles. The molecule has 0 aliphatic heterocycles. The zero-order valence-corrected chi connectivity index (χ0v) is 11.1. The first-order chi connectivity index (χ1) is 6.66. The van der Waals surface area contributed by atoms with Crippen molar-refractivity contribution in [2.45, 2.75) is 23.0 Å². The topological polar surface area (TPSA) is 17.1 Å². The van der Waals surface area contributed by atoms with Gasteiger partial charge in [0.2, 0.25) is 0 Å². The van der Waals surface area contributed by atoms with Crippen molar-refractivity contribution in [1.82, 2.24) is 0 Å². The number of carbonyl (C=O) groups excluding carboxylic acids is 1. The number of hydrogen-bond acceptors (Lipinski definition) is 1. The van der Waals surface area contributed by atoms with E-state index in [1.165, 1.54) is 0 Å². The van der Waals surface area contributed by atoms with E-state index in [2.05, 4.69) is 31.9 Å². The van der Waals surface area contributed by atoms with E-state index in [4.69, 9.17) is 0 Å². The van der Waals surface area contributed by atoms with E-state index in [0.29, 0.717) is 6.42 Å². The Morgan fingerprint density at radius 2 is 1.86 bits per heavy atom. The minimum absolute atomic E-state index is 0.0520. The van der Waals surface area contributed by atoms with E-state index >= 15 is 0 Å². The number of rotatable bonds is 4. The van der Waals surface area contributed by atoms with Crippen LogP contribution in [0.15, 0.2) is 30.3 Å². The van der Waals surface area contributed by atoms with E-state index in [1.807, 2.05) is 37.3 Å². The molecule has 3 heteroatoms. The van der Waals surface area contributed by atoms with Crippen molar-refractivity contribution in [2.75, 3.05) is 0 Å². The second-order valence-corrected chi connectivity index (χ2v) is 5.01. The van der Waals surface area contributed by atoms with Crippen LogP contribution in [0.2, 0.25) is 0 Å². The summed E-state index contributed by atoms with van der Waals surface area (Å²) in [4.78, 5) is 11.4. The standard InChI is InChI=1S/C11H12Br2O/c1-2-9(14)11(13)10(12)8-6-4-3-5-7-8/h3-7,10-11H,2H2,1H3. The van der Waals surface area contributed by atoms with Crippen LogP contribution in [0, 0.1) is 0 Å². The number of halogens is 2. The molecule has 0 heterocycles. The third kappa shape index (κ3) is 2.92. The molecule has 1 rings (SSSR count). The Labute approximate surface area is 101 Å². The summed E-state index contributed by atoms with van der Waals surface area (Å²) in [5.74, 6) is 0.218. The molecule has 0 radical (unpaired) electrons. The zero-order chi connectivity index (χ0) is 10.6. The number of ketones is 1. The third-order valence-corrected chi connectivity index (χ3v) is 4.84. The summed E-state index contributed by atoms with van der Waals surface area (Å²) in [5, 5.41) is 0. The van der Waals surface area contributed by atoms with Crippen LogP contribution in [0.25, 0.3) is 0 Å². The SMILES string of the molecule is CCC(=O)C(Br)C(Br)c1ccccc1. The molecule has 0 N–H and O–H groups in total. The van der Waals surface area contributed by atoms with Gasteiger partial charge >= 0.3 is 0 Å². The van der Waals surface area contributed by atoms with Crippen molar-refractivity contribution in [3.05, 3.63) is 35.9 Å². The van der Waals surface area contributed by atoms with Gasteiger partial charge in [0.05, 0.1) is 9.65 Å². The molecule has 1 nitrogen and oxygen atoms in total. The summed E-state index contributed by atoms with van der Waals surface area (Å²) < 4.78 is 0. The highest BCUT2D eigenvalue weighted by Gasteiger charge is 2.22. The van der Waals surface area contributed by atoms with E-state index in [-0.39, 0.29) is 15.4 Å². The first-order valence-electron chi connectivity index (χ1n) is 4.52. The van der Waals surface area contributed by atoms with Gasteiger partial charge < -0.3 is 0 Å².